The van der Waals surface area contributed by atoms with Crippen molar-refractivity contribution >= 4 is 45.1 Å². The Morgan fingerprint density at radius 2 is 1.62 bits per heavy atom. The highest BCUT2D eigenvalue weighted by Gasteiger charge is 2.65. The third-order valence-corrected chi connectivity index (χ3v) is 7.79. The van der Waals surface area contributed by atoms with Gasteiger partial charge in [0.15, 0.2) is 0 Å². The molecule has 1 saturated heterocycles. The molecule has 1 spiro atoms. The van der Waals surface area contributed by atoms with E-state index in [2.05, 4.69) is 20.6 Å². The van der Waals surface area contributed by atoms with Crippen LogP contribution in [-0.4, -0.2) is 52.3 Å². The second kappa shape index (κ2) is 9.34. The molecule has 2 fully saturated rings. The second-order valence-corrected chi connectivity index (χ2v) is 10.8. The Labute approximate surface area is 219 Å². The number of rotatable bonds is 6. The van der Waals surface area contributed by atoms with E-state index < -0.39 is 43.7 Å². The first-order valence-corrected chi connectivity index (χ1v) is 12.9. The largest absolute Gasteiger partial charge is 0.501 e. The highest BCUT2D eigenvalue weighted by Crippen LogP contribution is 2.49. The zero-order valence-electron chi connectivity index (χ0n) is 19.8. The molecule has 3 aromatic rings. The summed E-state index contributed by atoms with van der Waals surface area (Å²) in [7, 11) is -5.58. The minimum Gasteiger partial charge on any atom is -0.305 e. The number of pyridine rings is 2. The molecular weight excluding hydrogens is 541 g/mol. The molecular formula is C24H19F3N6O5S. The molecule has 202 valence electrons. The van der Waals surface area contributed by atoms with E-state index in [0.29, 0.717) is 36.4 Å². The zero-order chi connectivity index (χ0) is 28.0. The van der Waals surface area contributed by atoms with Crippen molar-refractivity contribution in [1.29, 1.82) is 0 Å². The van der Waals surface area contributed by atoms with E-state index in [1.807, 2.05) is 0 Å². The molecule has 5 amide bonds. The maximum atomic E-state index is 13.3. The average Bonchev–Trinajstić information content (AvgIpc) is 3.66. The van der Waals surface area contributed by atoms with E-state index in [9.17, 15) is 36.0 Å². The first-order chi connectivity index (χ1) is 18.4. The number of imide groups is 1. The van der Waals surface area contributed by atoms with Crippen LogP contribution in [0.4, 0.5) is 40.1 Å². The van der Waals surface area contributed by atoms with Crippen LogP contribution in [0.1, 0.15) is 18.4 Å². The third-order valence-electron chi connectivity index (χ3n) is 6.29. The van der Waals surface area contributed by atoms with Gasteiger partial charge >= 0.3 is 17.6 Å². The van der Waals surface area contributed by atoms with Crippen molar-refractivity contribution in [3.05, 3.63) is 72.6 Å². The fraction of sp³-hybridized carbons (Fsp3) is 0.208. The van der Waals surface area contributed by atoms with Crippen LogP contribution in [0.15, 0.2) is 71.9 Å². The lowest BCUT2D eigenvalue weighted by Gasteiger charge is -2.21. The molecule has 2 aromatic heterocycles. The number of carbonyl (C=O) groups is 3. The van der Waals surface area contributed by atoms with Crippen LogP contribution in [0.5, 0.6) is 0 Å². The van der Waals surface area contributed by atoms with Gasteiger partial charge in [0.05, 0.1) is 10.6 Å². The maximum absolute atomic E-state index is 13.3. The number of benzene rings is 1. The molecule has 3 heterocycles. The number of amides is 5. The van der Waals surface area contributed by atoms with E-state index in [4.69, 9.17) is 0 Å². The zero-order valence-corrected chi connectivity index (χ0v) is 20.7. The van der Waals surface area contributed by atoms with Crippen molar-refractivity contribution in [1.82, 2.24) is 14.9 Å². The van der Waals surface area contributed by atoms with Gasteiger partial charge in [-0.05, 0) is 66.9 Å². The molecule has 39 heavy (non-hydrogen) atoms. The van der Waals surface area contributed by atoms with Crippen molar-refractivity contribution in [3.8, 4) is 0 Å². The Bertz CT molecular complexity index is 1560. The summed E-state index contributed by atoms with van der Waals surface area (Å²) in [6, 6.07) is 10.2. The SMILES string of the molecule is O=C(Nc1ccccn1)Nc1cc(CN2C(=O)N(c3ccc(S(=O)(=O)C(F)(F)F)cc3)C(=O)C23CC3)ccn1. The van der Waals surface area contributed by atoms with Crippen molar-refractivity contribution in [3.63, 3.8) is 0 Å². The van der Waals surface area contributed by atoms with E-state index in [-0.39, 0.29) is 18.1 Å². The van der Waals surface area contributed by atoms with Gasteiger partial charge in [0.1, 0.15) is 17.2 Å². The number of nitrogens with zero attached hydrogens (tertiary/aromatic N) is 4. The van der Waals surface area contributed by atoms with Gasteiger partial charge in [0.25, 0.3) is 15.7 Å². The van der Waals surface area contributed by atoms with Crippen LogP contribution < -0.4 is 15.5 Å². The van der Waals surface area contributed by atoms with Gasteiger partial charge in [-0.15, -0.1) is 0 Å². The number of halogens is 3. The molecule has 2 aliphatic rings. The normalized spacial score (nSPS) is 16.5. The number of carbonyl (C=O) groups excluding carboxylic acids is 3. The molecule has 0 unspecified atom stereocenters. The Morgan fingerprint density at radius 1 is 0.949 bits per heavy atom. The van der Waals surface area contributed by atoms with Crippen molar-refractivity contribution in [2.45, 2.75) is 35.3 Å². The van der Waals surface area contributed by atoms with Gasteiger partial charge in [-0.2, -0.15) is 13.2 Å². The number of alkyl halides is 3. The predicted octanol–water partition coefficient (Wildman–Crippen LogP) is 3.92. The summed E-state index contributed by atoms with van der Waals surface area (Å²) in [5.41, 5.74) is -6.09. The molecule has 0 atom stereocenters. The van der Waals surface area contributed by atoms with Crippen LogP contribution in [0.25, 0.3) is 0 Å². The number of sulfone groups is 1. The Balaban J connectivity index is 1.33. The van der Waals surface area contributed by atoms with E-state index >= 15 is 0 Å². The fourth-order valence-electron chi connectivity index (χ4n) is 4.20. The topological polar surface area (TPSA) is 142 Å². The second-order valence-electron chi connectivity index (χ2n) is 8.83. The molecule has 1 aliphatic carbocycles. The molecule has 0 radical (unpaired) electrons. The lowest BCUT2D eigenvalue weighted by atomic mass is 10.2. The lowest BCUT2D eigenvalue weighted by molar-refractivity contribution is -0.120. The summed E-state index contributed by atoms with van der Waals surface area (Å²) in [4.78, 5) is 48.1. The first-order valence-electron chi connectivity index (χ1n) is 11.4. The summed E-state index contributed by atoms with van der Waals surface area (Å²) < 4.78 is 61.9. The van der Waals surface area contributed by atoms with Gasteiger partial charge in [0.2, 0.25) is 0 Å². The summed E-state index contributed by atoms with van der Waals surface area (Å²) in [5, 5.41) is 5.11. The van der Waals surface area contributed by atoms with Crippen molar-refractivity contribution in [2.75, 3.05) is 15.5 Å². The van der Waals surface area contributed by atoms with Crippen LogP contribution >= 0.6 is 0 Å². The Morgan fingerprint density at radius 3 is 2.23 bits per heavy atom. The smallest absolute Gasteiger partial charge is 0.305 e. The number of hydrogen-bond donors (Lipinski definition) is 2. The van der Waals surface area contributed by atoms with Crippen LogP contribution in [-0.2, 0) is 21.2 Å². The van der Waals surface area contributed by atoms with Gasteiger partial charge in [-0.1, -0.05) is 6.07 Å². The van der Waals surface area contributed by atoms with Gasteiger partial charge in [-0.3, -0.25) is 15.4 Å². The van der Waals surface area contributed by atoms with Crippen LogP contribution in [0, 0.1) is 0 Å². The number of anilines is 3. The third kappa shape index (κ3) is 4.76. The van der Waals surface area contributed by atoms with E-state index in [1.165, 1.54) is 23.4 Å². The minimum absolute atomic E-state index is 0.0132. The molecule has 1 saturated carbocycles. The van der Waals surface area contributed by atoms with Crippen molar-refractivity contribution < 1.29 is 36.0 Å². The Hall–Kier alpha value is -4.53. The predicted molar refractivity (Wildman–Crippen MR) is 131 cm³/mol. The summed E-state index contributed by atoms with van der Waals surface area (Å²) in [5.74, 6) is -0.0460. The Kier molecular flexibility index (Phi) is 6.25. The minimum atomic E-state index is -5.58. The number of nitrogens with one attached hydrogen (secondary N) is 2. The summed E-state index contributed by atoms with van der Waals surface area (Å²) >= 11 is 0. The number of aromatic nitrogens is 2. The highest BCUT2D eigenvalue weighted by molar-refractivity contribution is 7.92. The fourth-order valence-corrected chi connectivity index (χ4v) is 4.96. The molecule has 1 aliphatic heterocycles. The average molecular weight is 561 g/mol. The summed E-state index contributed by atoms with van der Waals surface area (Å²) in [6.45, 7) is -0.0132. The number of hydrogen-bond acceptors (Lipinski definition) is 7. The van der Waals surface area contributed by atoms with Crippen LogP contribution in [0.3, 0.4) is 0 Å². The molecule has 0 bridgehead atoms. The van der Waals surface area contributed by atoms with Gasteiger partial charge in [-0.25, -0.2) is 32.9 Å². The van der Waals surface area contributed by atoms with Crippen molar-refractivity contribution in [2.24, 2.45) is 0 Å². The molecule has 5 rings (SSSR count). The summed E-state index contributed by atoms with van der Waals surface area (Å²) in [6.07, 6.45) is 3.71. The maximum Gasteiger partial charge on any atom is 0.501 e. The number of urea groups is 2. The standard InChI is InChI=1S/C24H19F3N6O5S/c25-24(26,27)39(37,38)17-6-4-16(5-7-17)33-20(34)23(9-10-23)32(22(33)36)14-15-8-12-29-19(13-15)31-21(35)30-18-3-1-2-11-28-18/h1-8,11-13H,9-10,14H2,(H2,28,29,30,31,35). The van der Waals surface area contributed by atoms with E-state index in [1.54, 1.807) is 24.3 Å². The first kappa shape index (κ1) is 26.1. The highest BCUT2D eigenvalue weighted by atomic mass is 32.2. The lowest BCUT2D eigenvalue weighted by Crippen LogP contribution is -2.36. The molecule has 2 N–H and O–H groups in total. The molecule has 11 nitrogen and oxygen atoms in total. The van der Waals surface area contributed by atoms with Crippen LogP contribution in [0.2, 0.25) is 0 Å². The van der Waals surface area contributed by atoms with Gasteiger partial charge < -0.3 is 4.90 Å². The molecule has 15 heteroatoms. The quantitative estimate of drug-likeness (QED) is 0.436. The molecule has 1 aromatic carbocycles. The monoisotopic (exact) mass is 560 g/mol. The van der Waals surface area contributed by atoms with E-state index in [0.717, 1.165) is 17.0 Å². The van der Waals surface area contributed by atoms with Gasteiger partial charge in [0, 0.05) is 18.9 Å².